The highest BCUT2D eigenvalue weighted by Crippen LogP contribution is 2.45. The van der Waals surface area contributed by atoms with E-state index in [0.29, 0.717) is 33.7 Å². The van der Waals surface area contributed by atoms with Crippen molar-refractivity contribution in [1.82, 2.24) is 9.55 Å². The lowest BCUT2D eigenvalue weighted by Crippen LogP contribution is -2.04. The number of rotatable bonds is 4. The van der Waals surface area contributed by atoms with Crippen LogP contribution in [0.4, 0.5) is 11.4 Å². The first-order chi connectivity index (χ1) is 14.5. The van der Waals surface area contributed by atoms with E-state index in [0.717, 1.165) is 10.9 Å². The van der Waals surface area contributed by atoms with E-state index in [-0.39, 0.29) is 11.6 Å². The molecule has 5 rings (SSSR count). The molecule has 30 heavy (non-hydrogen) atoms. The highest BCUT2D eigenvalue weighted by atomic mass is 16.6. The van der Waals surface area contributed by atoms with Crippen LogP contribution in [0.15, 0.2) is 61.1 Å². The second-order valence-electron chi connectivity index (χ2n) is 6.91. The number of nitro groups is 1. The number of aromatic amines is 1. The van der Waals surface area contributed by atoms with E-state index in [1.807, 2.05) is 30.5 Å². The Labute approximate surface area is 170 Å². The monoisotopic (exact) mass is 400 g/mol. The molecule has 1 amide bonds. The van der Waals surface area contributed by atoms with Crippen molar-refractivity contribution >= 4 is 40.0 Å². The van der Waals surface area contributed by atoms with E-state index < -0.39 is 4.92 Å². The van der Waals surface area contributed by atoms with E-state index in [1.165, 1.54) is 6.07 Å². The fourth-order valence-electron chi connectivity index (χ4n) is 3.80. The van der Waals surface area contributed by atoms with E-state index in [2.05, 4.69) is 10.3 Å². The summed E-state index contributed by atoms with van der Waals surface area (Å²) in [6.07, 6.45) is 6.93. The number of hydrogen-bond donors (Lipinski definition) is 2. The number of benzene rings is 2. The number of amides is 1. The molecule has 0 aliphatic carbocycles. The fourth-order valence-corrected chi connectivity index (χ4v) is 3.80. The van der Waals surface area contributed by atoms with Crippen molar-refractivity contribution in [3.05, 3.63) is 76.7 Å². The Morgan fingerprint density at radius 3 is 2.77 bits per heavy atom. The highest BCUT2D eigenvalue weighted by Gasteiger charge is 2.32. The first-order valence-electron chi connectivity index (χ1n) is 9.19. The predicted molar refractivity (Wildman–Crippen MR) is 114 cm³/mol. The molecule has 2 aromatic heterocycles. The Hall–Kier alpha value is -4.33. The van der Waals surface area contributed by atoms with Crippen LogP contribution in [0.5, 0.6) is 5.75 Å². The second kappa shape index (κ2) is 6.63. The van der Waals surface area contributed by atoms with Gasteiger partial charge in [-0.1, -0.05) is 6.07 Å². The minimum absolute atomic E-state index is 0.0591. The third-order valence-corrected chi connectivity index (χ3v) is 5.19. The van der Waals surface area contributed by atoms with Gasteiger partial charge in [0.05, 0.1) is 35.1 Å². The largest absolute Gasteiger partial charge is 0.495 e. The zero-order chi connectivity index (χ0) is 20.8. The molecular formula is C22H16N4O4. The van der Waals surface area contributed by atoms with Crippen LogP contribution in [0.1, 0.15) is 5.56 Å². The summed E-state index contributed by atoms with van der Waals surface area (Å²) < 4.78 is 6.88. The number of methoxy groups -OCH3 is 1. The van der Waals surface area contributed by atoms with Gasteiger partial charge < -0.3 is 19.6 Å². The number of nitrogens with one attached hydrogen (secondary N) is 2. The van der Waals surface area contributed by atoms with E-state index >= 15 is 0 Å². The Bertz CT molecular complexity index is 1360. The van der Waals surface area contributed by atoms with Crippen molar-refractivity contribution in [1.29, 1.82) is 0 Å². The third kappa shape index (κ3) is 2.74. The van der Waals surface area contributed by atoms with E-state index in [9.17, 15) is 14.9 Å². The molecule has 0 saturated carbocycles. The molecule has 1 aliphatic rings. The molecule has 0 atom stereocenters. The number of H-pyrrole nitrogens is 1. The van der Waals surface area contributed by atoms with Gasteiger partial charge in [-0.05, 0) is 41.3 Å². The molecular weight excluding hydrogens is 384 g/mol. The standard InChI is InChI=1S/C22H16N4O4/c1-30-15-7-9-25(11-15)12-16-21-18(24-22(16)27)4-5-19(26(28)29)20(21)14-2-3-17-13(10-14)6-8-23-17/h2-12,23H,1H3,(H,24,27). The molecule has 2 N–H and O–H groups in total. The Morgan fingerprint density at radius 1 is 1.13 bits per heavy atom. The van der Waals surface area contributed by atoms with Crippen molar-refractivity contribution in [2.75, 3.05) is 12.4 Å². The van der Waals surface area contributed by atoms with Gasteiger partial charge in [0.15, 0.2) is 0 Å². The Kier molecular flexibility index (Phi) is 3.92. The number of aromatic nitrogens is 2. The van der Waals surface area contributed by atoms with Crippen molar-refractivity contribution in [3.8, 4) is 16.9 Å². The summed E-state index contributed by atoms with van der Waals surface area (Å²) in [5, 5.41) is 15.6. The molecule has 0 bridgehead atoms. The average molecular weight is 400 g/mol. The summed E-state index contributed by atoms with van der Waals surface area (Å²) in [5.74, 6) is 0.324. The van der Waals surface area contributed by atoms with Gasteiger partial charge in [0, 0.05) is 35.7 Å². The van der Waals surface area contributed by atoms with Gasteiger partial charge in [0.1, 0.15) is 5.75 Å². The number of fused-ring (bicyclic) bond motifs is 2. The van der Waals surface area contributed by atoms with E-state index in [4.69, 9.17) is 4.74 Å². The average Bonchev–Trinajstić information content (AvgIpc) is 3.46. The lowest BCUT2D eigenvalue weighted by Gasteiger charge is -2.10. The van der Waals surface area contributed by atoms with Crippen LogP contribution in [0.25, 0.3) is 33.8 Å². The maximum absolute atomic E-state index is 12.7. The van der Waals surface area contributed by atoms with Gasteiger partial charge in [-0.3, -0.25) is 14.9 Å². The summed E-state index contributed by atoms with van der Waals surface area (Å²) in [6, 6.07) is 12.2. The number of nitro benzene ring substituents is 1. The first kappa shape index (κ1) is 17.7. The highest BCUT2D eigenvalue weighted by molar-refractivity contribution is 6.36. The number of nitrogens with zero attached hydrogens (tertiary/aromatic N) is 2. The van der Waals surface area contributed by atoms with Crippen LogP contribution < -0.4 is 10.1 Å². The summed E-state index contributed by atoms with van der Waals surface area (Å²) in [7, 11) is 1.56. The van der Waals surface area contributed by atoms with Crippen LogP contribution in [-0.2, 0) is 4.79 Å². The van der Waals surface area contributed by atoms with Crippen LogP contribution in [0.2, 0.25) is 0 Å². The topological polar surface area (TPSA) is 102 Å². The van der Waals surface area contributed by atoms with Gasteiger partial charge in [0.2, 0.25) is 0 Å². The molecule has 4 aromatic rings. The number of carbonyl (C=O) groups is 1. The quantitative estimate of drug-likeness (QED) is 0.299. The van der Waals surface area contributed by atoms with Crippen molar-refractivity contribution in [3.63, 3.8) is 0 Å². The van der Waals surface area contributed by atoms with Gasteiger partial charge in [-0.2, -0.15) is 0 Å². The normalized spacial score (nSPS) is 14.2. The number of hydrogen-bond acceptors (Lipinski definition) is 4. The SMILES string of the molecule is COc1ccn(C=C2C(=O)Nc3ccc([N+](=O)[O-])c(-c4ccc5[nH]ccc5c4)c32)c1. The molecule has 3 heterocycles. The lowest BCUT2D eigenvalue weighted by atomic mass is 9.93. The molecule has 0 unspecified atom stereocenters. The number of ether oxygens (including phenoxy) is 1. The maximum Gasteiger partial charge on any atom is 0.277 e. The first-order valence-corrected chi connectivity index (χ1v) is 9.19. The molecule has 148 valence electrons. The van der Waals surface area contributed by atoms with Crippen LogP contribution in [-0.4, -0.2) is 27.5 Å². The number of carbonyl (C=O) groups excluding carboxylic acids is 1. The smallest absolute Gasteiger partial charge is 0.277 e. The number of anilines is 1. The van der Waals surface area contributed by atoms with Gasteiger partial charge >= 0.3 is 0 Å². The van der Waals surface area contributed by atoms with Crippen molar-refractivity contribution < 1.29 is 14.5 Å². The second-order valence-corrected chi connectivity index (χ2v) is 6.91. The molecule has 2 aromatic carbocycles. The molecule has 1 aliphatic heterocycles. The minimum Gasteiger partial charge on any atom is -0.495 e. The van der Waals surface area contributed by atoms with Crippen LogP contribution in [0.3, 0.4) is 0 Å². The Morgan fingerprint density at radius 2 is 2.00 bits per heavy atom. The molecule has 0 fully saturated rings. The maximum atomic E-state index is 12.7. The van der Waals surface area contributed by atoms with Gasteiger partial charge in [-0.25, -0.2) is 0 Å². The van der Waals surface area contributed by atoms with E-state index in [1.54, 1.807) is 42.4 Å². The fraction of sp³-hybridized carbons (Fsp3) is 0.0455. The lowest BCUT2D eigenvalue weighted by molar-refractivity contribution is -0.384. The molecule has 8 heteroatoms. The van der Waals surface area contributed by atoms with Gasteiger partial charge in [0.25, 0.3) is 11.6 Å². The molecule has 8 nitrogen and oxygen atoms in total. The predicted octanol–water partition coefficient (Wildman–Crippen LogP) is 4.50. The molecule has 0 saturated heterocycles. The van der Waals surface area contributed by atoms with Gasteiger partial charge in [-0.15, -0.1) is 0 Å². The summed E-state index contributed by atoms with van der Waals surface area (Å²) in [5.41, 5.74) is 3.34. The third-order valence-electron chi connectivity index (χ3n) is 5.19. The van der Waals surface area contributed by atoms with Crippen LogP contribution >= 0.6 is 0 Å². The zero-order valence-electron chi connectivity index (χ0n) is 15.9. The molecule has 0 radical (unpaired) electrons. The summed E-state index contributed by atoms with van der Waals surface area (Å²) in [4.78, 5) is 27.3. The molecule has 0 spiro atoms. The van der Waals surface area contributed by atoms with Crippen LogP contribution in [0, 0.1) is 10.1 Å². The van der Waals surface area contributed by atoms with Crippen molar-refractivity contribution in [2.24, 2.45) is 0 Å². The van der Waals surface area contributed by atoms with Crippen molar-refractivity contribution in [2.45, 2.75) is 0 Å². The summed E-state index contributed by atoms with van der Waals surface area (Å²) in [6.45, 7) is 0. The zero-order valence-corrected chi connectivity index (χ0v) is 15.9. The summed E-state index contributed by atoms with van der Waals surface area (Å²) >= 11 is 0. The Balaban J connectivity index is 1.77. The minimum atomic E-state index is -0.421.